The van der Waals surface area contributed by atoms with E-state index in [9.17, 15) is 4.39 Å². The second kappa shape index (κ2) is 5.35. The fraction of sp³-hybridized carbons (Fsp3) is 0.500. The van der Waals surface area contributed by atoms with Gasteiger partial charge in [-0.25, -0.2) is 4.39 Å². The molecule has 1 saturated heterocycles. The lowest BCUT2D eigenvalue weighted by Gasteiger charge is -2.12. The van der Waals surface area contributed by atoms with Gasteiger partial charge in [0.2, 0.25) is 0 Å². The second-order valence-corrected chi connectivity index (χ2v) is 4.05. The minimum Gasteiger partial charge on any atom is -0.491 e. The molecule has 4 heteroatoms. The number of ether oxygens (including phenoxy) is 2. The van der Waals surface area contributed by atoms with Gasteiger partial charge in [-0.05, 0) is 24.5 Å². The number of halogens is 1. The van der Waals surface area contributed by atoms with Crippen molar-refractivity contribution in [1.82, 2.24) is 0 Å². The molecule has 0 bridgehead atoms. The molecule has 1 aliphatic rings. The molecule has 0 spiro atoms. The number of hydrogen-bond donors (Lipinski definition) is 0. The summed E-state index contributed by atoms with van der Waals surface area (Å²) >= 11 is 0. The Morgan fingerprint density at radius 1 is 1.50 bits per heavy atom. The summed E-state index contributed by atoms with van der Waals surface area (Å²) < 4.78 is 24.4. The van der Waals surface area contributed by atoms with Crippen molar-refractivity contribution >= 4 is 7.85 Å². The van der Waals surface area contributed by atoms with Crippen LogP contribution in [0.2, 0.25) is 0 Å². The Morgan fingerprint density at radius 3 is 3.00 bits per heavy atom. The Morgan fingerprint density at radius 2 is 2.38 bits per heavy atom. The Hall–Kier alpha value is -1.03. The van der Waals surface area contributed by atoms with Crippen LogP contribution in [0.4, 0.5) is 4.39 Å². The molecule has 0 amide bonds. The van der Waals surface area contributed by atoms with Crippen LogP contribution in [-0.4, -0.2) is 27.2 Å². The van der Waals surface area contributed by atoms with Crippen molar-refractivity contribution in [3.63, 3.8) is 0 Å². The Kier molecular flexibility index (Phi) is 3.83. The van der Waals surface area contributed by atoms with Gasteiger partial charge in [-0.3, -0.25) is 0 Å². The van der Waals surface area contributed by atoms with Crippen molar-refractivity contribution in [2.24, 2.45) is 0 Å². The van der Waals surface area contributed by atoms with Crippen LogP contribution in [0.5, 0.6) is 5.75 Å². The van der Waals surface area contributed by atoms with Crippen molar-refractivity contribution in [2.75, 3.05) is 13.2 Å². The maximum Gasteiger partial charge on any atom is 0.129 e. The van der Waals surface area contributed by atoms with Crippen LogP contribution in [0, 0.1) is 5.82 Å². The average molecular weight is 222 g/mol. The summed E-state index contributed by atoms with van der Waals surface area (Å²) in [5.74, 6) is 0.401. The van der Waals surface area contributed by atoms with Gasteiger partial charge in [0.25, 0.3) is 0 Å². The van der Waals surface area contributed by atoms with Gasteiger partial charge in [0.05, 0.1) is 6.10 Å². The molecule has 0 aromatic heterocycles. The highest BCUT2D eigenvalue weighted by atomic mass is 19.1. The first kappa shape index (κ1) is 11.5. The fourth-order valence-corrected chi connectivity index (χ4v) is 1.87. The van der Waals surface area contributed by atoms with E-state index in [-0.39, 0.29) is 11.9 Å². The zero-order valence-electron chi connectivity index (χ0n) is 9.54. The van der Waals surface area contributed by atoms with Gasteiger partial charge in [-0.1, -0.05) is 12.4 Å². The van der Waals surface area contributed by atoms with E-state index in [2.05, 4.69) is 0 Å². The van der Waals surface area contributed by atoms with Gasteiger partial charge in [0, 0.05) is 12.7 Å². The third-order valence-corrected chi connectivity index (χ3v) is 2.87. The van der Waals surface area contributed by atoms with E-state index in [1.807, 2.05) is 13.9 Å². The summed E-state index contributed by atoms with van der Waals surface area (Å²) in [7, 11) is 1.94. The Balaban J connectivity index is 1.91. The van der Waals surface area contributed by atoms with E-state index in [4.69, 9.17) is 9.47 Å². The van der Waals surface area contributed by atoms with Crippen molar-refractivity contribution < 1.29 is 13.9 Å². The molecule has 1 aromatic rings. The highest BCUT2D eigenvalue weighted by molar-refractivity contribution is 6.08. The summed E-state index contributed by atoms with van der Waals surface area (Å²) in [6.07, 6.45) is 3.01. The molecule has 1 fully saturated rings. The van der Waals surface area contributed by atoms with Crippen molar-refractivity contribution in [1.29, 1.82) is 0 Å². The zero-order chi connectivity index (χ0) is 11.4. The topological polar surface area (TPSA) is 18.5 Å². The Bertz CT molecular complexity index is 351. The lowest BCUT2D eigenvalue weighted by Crippen LogP contribution is -2.16. The van der Waals surface area contributed by atoms with Crippen LogP contribution in [0.15, 0.2) is 18.2 Å². The molecule has 1 unspecified atom stereocenters. The van der Waals surface area contributed by atoms with Crippen molar-refractivity contribution in [3.05, 3.63) is 29.6 Å². The van der Waals surface area contributed by atoms with Crippen molar-refractivity contribution in [2.45, 2.75) is 25.3 Å². The summed E-state index contributed by atoms with van der Waals surface area (Å²) in [5, 5.41) is 0. The smallest absolute Gasteiger partial charge is 0.129 e. The highest BCUT2D eigenvalue weighted by Gasteiger charge is 2.16. The minimum absolute atomic E-state index is 0.175. The molecule has 2 rings (SSSR count). The molecule has 16 heavy (non-hydrogen) atoms. The monoisotopic (exact) mass is 222 g/mol. The van der Waals surface area contributed by atoms with Gasteiger partial charge in [0.15, 0.2) is 0 Å². The maximum absolute atomic E-state index is 13.4. The SMILES string of the molecule is BCc1ccc(OCC2CCCO2)cc1F. The highest BCUT2D eigenvalue weighted by Crippen LogP contribution is 2.19. The normalized spacial score (nSPS) is 19.9. The molecule has 1 aliphatic heterocycles. The lowest BCUT2D eigenvalue weighted by atomic mass is 9.96. The second-order valence-electron chi connectivity index (χ2n) is 4.05. The van der Waals surface area contributed by atoms with Crippen LogP contribution in [0.1, 0.15) is 18.4 Å². The van der Waals surface area contributed by atoms with Gasteiger partial charge < -0.3 is 9.47 Å². The predicted octanol–water partition coefficient (Wildman–Crippen LogP) is 1.52. The molecular weight excluding hydrogens is 206 g/mol. The third kappa shape index (κ3) is 2.76. The van der Waals surface area contributed by atoms with Crippen LogP contribution >= 0.6 is 0 Å². The average Bonchev–Trinajstić information content (AvgIpc) is 2.79. The van der Waals surface area contributed by atoms with Gasteiger partial charge in [-0.15, -0.1) is 0 Å². The van der Waals surface area contributed by atoms with Gasteiger partial charge in [-0.2, -0.15) is 0 Å². The van der Waals surface area contributed by atoms with Crippen molar-refractivity contribution in [3.8, 4) is 5.75 Å². The molecular formula is C12H16BFO2. The van der Waals surface area contributed by atoms with E-state index in [1.54, 1.807) is 6.07 Å². The van der Waals surface area contributed by atoms with Crippen LogP contribution in [0.25, 0.3) is 0 Å². The first-order valence-corrected chi connectivity index (χ1v) is 5.82. The molecule has 86 valence electrons. The zero-order valence-corrected chi connectivity index (χ0v) is 9.54. The first-order valence-electron chi connectivity index (χ1n) is 5.82. The first-order chi connectivity index (χ1) is 7.79. The molecule has 0 saturated carbocycles. The number of hydrogen-bond acceptors (Lipinski definition) is 2. The molecule has 1 heterocycles. The van der Waals surface area contributed by atoms with E-state index in [0.29, 0.717) is 18.7 Å². The fourth-order valence-electron chi connectivity index (χ4n) is 1.87. The third-order valence-electron chi connectivity index (χ3n) is 2.87. The molecule has 0 radical (unpaired) electrons. The van der Waals surface area contributed by atoms with Crippen LogP contribution < -0.4 is 4.74 Å². The molecule has 2 nitrogen and oxygen atoms in total. The van der Waals surface area contributed by atoms with E-state index in [1.165, 1.54) is 6.07 Å². The van der Waals surface area contributed by atoms with E-state index in [0.717, 1.165) is 25.0 Å². The summed E-state index contributed by atoms with van der Waals surface area (Å²) in [6.45, 7) is 1.34. The van der Waals surface area contributed by atoms with Gasteiger partial charge >= 0.3 is 0 Å². The quantitative estimate of drug-likeness (QED) is 0.719. The standard InChI is InChI=1S/C12H16BFO2/c13-7-9-3-4-10(6-12(9)14)16-8-11-2-1-5-15-11/h3-4,6,11H,1-2,5,7-8,13H2. The molecule has 0 N–H and O–H groups in total. The summed E-state index contributed by atoms with van der Waals surface area (Å²) in [5.41, 5.74) is 0.726. The van der Waals surface area contributed by atoms with Gasteiger partial charge in [0.1, 0.15) is 26.0 Å². The summed E-state index contributed by atoms with van der Waals surface area (Å²) in [6, 6.07) is 5.05. The van der Waals surface area contributed by atoms with Crippen LogP contribution in [0.3, 0.4) is 0 Å². The maximum atomic E-state index is 13.4. The summed E-state index contributed by atoms with van der Waals surface area (Å²) in [4.78, 5) is 0. The number of rotatable bonds is 4. The Labute approximate surface area is 96.2 Å². The molecule has 1 aromatic carbocycles. The van der Waals surface area contributed by atoms with E-state index >= 15 is 0 Å². The number of benzene rings is 1. The van der Waals surface area contributed by atoms with E-state index < -0.39 is 0 Å². The minimum atomic E-state index is -0.188. The predicted molar refractivity (Wildman–Crippen MR) is 63.1 cm³/mol. The molecule has 0 aliphatic carbocycles. The largest absolute Gasteiger partial charge is 0.491 e. The molecule has 1 atom stereocenters. The van der Waals surface area contributed by atoms with Crippen LogP contribution in [-0.2, 0) is 11.1 Å². The lowest BCUT2D eigenvalue weighted by molar-refractivity contribution is 0.0678.